The summed E-state index contributed by atoms with van der Waals surface area (Å²) < 4.78 is 0. The fourth-order valence-corrected chi connectivity index (χ4v) is 2.58. The third kappa shape index (κ3) is 3.09. The number of rotatable bonds is 4. The molecule has 6 heteroatoms. The topological polar surface area (TPSA) is 96.2 Å². The molecule has 19 heavy (non-hydrogen) atoms. The van der Waals surface area contributed by atoms with E-state index >= 15 is 0 Å². The van der Waals surface area contributed by atoms with E-state index in [1.165, 1.54) is 12.1 Å². The van der Waals surface area contributed by atoms with Gasteiger partial charge in [0, 0.05) is 51.0 Å². The number of phenolic OH excluding ortho intramolecular Hbond substituents is 3. The lowest BCUT2D eigenvalue weighted by Crippen LogP contribution is -2.45. The zero-order chi connectivity index (χ0) is 13.8. The van der Waals surface area contributed by atoms with Crippen molar-refractivity contribution in [3.63, 3.8) is 0 Å². The zero-order valence-electron chi connectivity index (χ0n) is 10.7. The Morgan fingerprint density at radius 1 is 1.11 bits per heavy atom. The maximum atomic E-state index is 9.96. The number of aromatic hydroxyl groups is 3. The van der Waals surface area contributed by atoms with Crippen LogP contribution >= 0.6 is 0 Å². The van der Waals surface area contributed by atoms with E-state index in [2.05, 4.69) is 10.2 Å². The number of aliphatic hydroxyl groups is 1. The highest BCUT2D eigenvalue weighted by molar-refractivity contribution is 5.50. The summed E-state index contributed by atoms with van der Waals surface area (Å²) in [6, 6.07) is 2.16. The molecular weight excluding hydrogens is 248 g/mol. The molecule has 5 N–H and O–H groups in total. The SMILES string of the molecule is OCC[C@H](c1c(O)cc(O)cc1O)N1CCNCC1. The van der Waals surface area contributed by atoms with Gasteiger partial charge in [0.15, 0.2) is 0 Å². The Hall–Kier alpha value is -1.50. The Bertz CT molecular complexity index is 410. The van der Waals surface area contributed by atoms with E-state index in [4.69, 9.17) is 0 Å². The molecule has 0 spiro atoms. The van der Waals surface area contributed by atoms with Crippen molar-refractivity contribution < 1.29 is 20.4 Å². The molecule has 1 aliphatic heterocycles. The minimum atomic E-state index is -0.257. The lowest BCUT2D eigenvalue weighted by molar-refractivity contribution is 0.137. The molecule has 2 rings (SSSR count). The minimum absolute atomic E-state index is 0.0334. The molecule has 1 saturated heterocycles. The van der Waals surface area contributed by atoms with Gasteiger partial charge in [-0.15, -0.1) is 0 Å². The molecule has 0 aromatic heterocycles. The Labute approximate surface area is 111 Å². The Balaban J connectivity index is 2.32. The van der Waals surface area contributed by atoms with Crippen LogP contribution in [0.25, 0.3) is 0 Å². The Morgan fingerprint density at radius 3 is 2.21 bits per heavy atom. The first-order chi connectivity index (χ1) is 9.13. The molecule has 1 aliphatic rings. The van der Waals surface area contributed by atoms with Gasteiger partial charge < -0.3 is 25.7 Å². The number of piperazine rings is 1. The molecule has 0 bridgehead atoms. The van der Waals surface area contributed by atoms with E-state index in [1.54, 1.807) is 0 Å². The largest absolute Gasteiger partial charge is 0.508 e. The zero-order valence-corrected chi connectivity index (χ0v) is 10.7. The molecule has 1 atom stereocenters. The summed E-state index contributed by atoms with van der Waals surface area (Å²) in [6.07, 6.45) is 0.423. The van der Waals surface area contributed by atoms with Crippen LogP contribution in [0.5, 0.6) is 17.2 Å². The Kier molecular flexibility index (Phi) is 4.47. The van der Waals surface area contributed by atoms with Crippen LogP contribution in [-0.4, -0.2) is 58.1 Å². The van der Waals surface area contributed by atoms with E-state index in [0.29, 0.717) is 12.0 Å². The maximum absolute atomic E-state index is 9.96. The first kappa shape index (κ1) is 13.9. The van der Waals surface area contributed by atoms with Crippen molar-refractivity contribution in [2.75, 3.05) is 32.8 Å². The third-order valence-electron chi connectivity index (χ3n) is 3.45. The van der Waals surface area contributed by atoms with E-state index in [1.807, 2.05) is 0 Å². The maximum Gasteiger partial charge on any atom is 0.127 e. The van der Waals surface area contributed by atoms with E-state index in [9.17, 15) is 20.4 Å². The van der Waals surface area contributed by atoms with E-state index in [0.717, 1.165) is 26.2 Å². The van der Waals surface area contributed by atoms with Crippen molar-refractivity contribution >= 4 is 0 Å². The van der Waals surface area contributed by atoms with Gasteiger partial charge in [0.05, 0.1) is 5.56 Å². The van der Waals surface area contributed by atoms with Crippen molar-refractivity contribution in [2.24, 2.45) is 0 Å². The quantitative estimate of drug-likeness (QED) is 0.533. The highest BCUT2D eigenvalue weighted by Gasteiger charge is 2.27. The average Bonchev–Trinajstić information content (AvgIpc) is 2.37. The summed E-state index contributed by atoms with van der Waals surface area (Å²) >= 11 is 0. The summed E-state index contributed by atoms with van der Waals surface area (Å²) in [7, 11) is 0. The van der Waals surface area contributed by atoms with E-state index in [-0.39, 0.29) is 29.9 Å². The number of hydrogen-bond acceptors (Lipinski definition) is 6. The van der Waals surface area contributed by atoms with Gasteiger partial charge in [-0.25, -0.2) is 0 Å². The average molecular weight is 268 g/mol. The van der Waals surface area contributed by atoms with Gasteiger partial charge in [-0.2, -0.15) is 0 Å². The molecule has 0 aliphatic carbocycles. The minimum Gasteiger partial charge on any atom is -0.508 e. The Morgan fingerprint density at radius 2 is 1.68 bits per heavy atom. The second-order valence-electron chi connectivity index (χ2n) is 4.71. The highest BCUT2D eigenvalue weighted by Crippen LogP contribution is 2.40. The van der Waals surface area contributed by atoms with Gasteiger partial charge in [0.2, 0.25) is 0 Å². The molecule has 106 valence electrons. The summed E-state index contributed by atoms with van der Waals surface area (Å²) in [4.78, 5) is 2.11. The second-order valence-corrected chi connectivity index (χ2v) is 4.71. The molecule has 1 heterocycles. The number of nitrogens with one attached hydrogen (secondary N) is 1. The normalized spacial score (nSPS) is 18.4. The lowest BCUT2D eigenvalue weighted by atomic mass is 9.99. The number of aliphatic hydroxyl groups excluding tert-OH is 1. The van der Waals surface area contributed by atoms with Crippen LogP contribution < -0.4 is 5.32 Å². The van der Waals surface area contributed by atoms with Crippen molar-refractivity contribution in [3.8, 4) is 17.2 Å². The predicted octanol–water partition coefficient (Wildman–Crippen LogP) is 0.132. The highest BCUT2D eigenvalue weighted by atomic mass is 16.3. The molecule has 1 aromatic carbocycles. The standard InChI is InChI=1S/C13H20N2O4/c16-6-1-10(15-4-2-14-3-5-15)13-11(18)7-9(17)8-12(13)19/h7-8,10,14,16-19H,1-6H2/t10-/m1/s1. The van der Waals surface area contributed by atoms with Gasteiger partial charge in [-0.1, -0.05) is 0 Å². The smallest absolute Gasteiger partial charge is 0.127 e. The molecule has 1 aromatic rings. The van der Waals surface area contributed by atoms with Crippen molar-refractivity contribution in [1.29, 1.82) is 0 Å². The van der Waals surface area contributed by atoms with E-state index < -0.39 is 0 Å². The first-order valence-corrected chi connectivity index (χ1v) is 6.44. The predicted molar refractivity (Wildman–Crippen MR) is 70.3 cm³/mol. The molecule has 0 radical (unpaired) electrons. The van der Waals surface area contributed by atoms with Gasteiger partial charge in [0.1, 0.15) is 17.2 Å². The summed E-state index contributed by atoms with van der Waals surface area (Å²) in [6.45, 7) is 3.20. The fourth-order valence-electron chi connectivity index (χ4n) is 2.58. The summed E-state index contributed by atoms with van der Waals surface area (Å²) in [5.74, 6) is -0.467. The molecule has 0 saturated carbocycles. The van der Waals surface area contributed by atoms with Crippen LogP contribution in [0, 0.1) is 0 Å². The molecule has 0 amide bonds. The van der Waals surface area contributed by atoms with Crippen LogP contribution in [0.2, 0.25) is 0 Å². The van der Waals surface area contributed by atoms with Crippen LogP contribution in [0.15, 0.2) is 12.1 Å². The fraction of sp³-hybridized carbons (Fsp3) is 0.538. The van der Waals surface area contributed by atoms with Crippen LogP contribution in [0.4, 0.5) is 0 Å². The second kappa shape index (κ2) is 6.10. The van der Waals surface area contributed by atoms with Gasteiger partial charge in [0.25, 0.3) is 0 Å². The van der Waals surface area contributed by atoms with Gasteiger partial charge in [-0.05, 0) is 6.42 Å². The molecule has 0 unspecified atom stereocenters. The number of phenols is 3. The van der Waals surface area contributed by atoms with Gasteiger partial charge >= 0.3 is 0 Å². The van der Waals surface area contributed by atoms with Gasteiger partial charge in [-0.3, -0.25) is 4.90 Å². The first-order valence-electron chi connectivity index (χ1n) is 6.44. The monoisotopic (exact) mass is 268 g/mol. The van der Waals surface area contributed by atoms with Crippen LogP contribution in [-0.2, 0) is 0 Å². The third-order valence-corrected chi connectivity index (χ3v) is 3.45. The van der Waals surface area contributed by atoms with Crippen molar-refractivity contribution in [3.05, 3.63) is 17.7 Å². The number of nitrogens with zero attached hydrogens (tertiary/aromatic N) is 1. The summed E-state index contributed by atoms with van der Waals surface area (Å²) in [5.41, 5.74) is 0.369. The number of hydrogen-bond donors (Lipinski definition) is 5. The van der Waals surface area contributed by atoms with Crippen molar-refractivity contribution in [1.82, 2.24) is 10.2 Å². The molecule has 1 fully saturated rings. The lowest BCUT2D eigenvalue weighted by Gasteiger charge is -2.35. The summed E-state index contributed by atoms with van der Waals surface area (Å²) in [5, 5.41) is 41.7. The number of benzene rings is 1. The molecular formula is C13H20N2O4. The molecule has 6 nitrogen and oxygen atoms in total. The van der Waals surface area contributed by atoms with Crippen LogP contribution in [0.3, 0.4) is 0 Å². The van der Waals surface area contributed by atoms with Crippen LogP contribution in [0.1, 0.15) is 18.0 Å². The van der Waals surface area contributed by atoms with Crippen molar-refractivity contribution in [2.45, 2.75) is 12.5 Å².